The highest BCUT2D eigenvalue weighted by Crippen LogP contribution is 2.27. The van der Waals surface area contributed by atoms with Gasteiger partial charge in [0, 0.05) is 26.2 Å². The van der Waals surface area contributed by atoms with Crippen LogP contribution in [-0.2, 0) is 0 Å². The van der Waals surface area contributed by atoms with Gasteiger partial charge in [-0.3, -0.25) is 4.90 Å². The lowest BCUT2D eigenvalue weighted by Crippen LogP contribution is -2.33. The van der Waals surface area contributed by atoms with E-state index in [4.69, 9.17) is 5.11 Å². The molecule has 0 amide bonds. The van der Waals surface area contributed by atoms with E-state index in [0.29, 0.717) is 26.1 Å². The molecule has 4 nitrogen and oxygen atoms in total. The second kappa shape index (κ2) is 6.36. The van der Waals surface area contributed by atoms with Crippen LogP contribution in [0.4, 0.5) is 23.2 Å². The van der Waals surface area contributed by atoms with Crippen molar-refractivity contribution in [1.82, 2.24) is 9.88 Å². The third-order valence-corrected chi connectivity index (χ3v) is 3.30. The van der Waals surface area contributed by atoms with E-state index in [9.17, 15) is 17.6 Å². The molecule has 0 spiro atoms. The van der Waals surface area contributed by atoms with E-state index in [-0.39, 0.29) is 19.7 Å². The summed E-state index contributed by atoms with van der Waals surface area (Å²) in [5.41, 5.74) is -0.708. The molecule has 0 bridgehead atoms. The number of anilines is 1. The molecule has 2 rings (SSSR count). The van der Waals surface area contributed by atoms with Crippen LogP contribution in [0.2, 0.25) is 0 Å². The van der Waals surface area contributed by atoms with Crippen molar-refractivity contribution in [2.24, 2.45) is 0 Å². The average molecular weight is 293 g/mol. The van der Waals surface area contributed by atoms with Crippen molar-refractivity contribution >= 4 is 5.69 Å². The maximum Gasteiger partial charge on any atom is 0.253 e. The largest absolute Gasteiger partial charge is 0.395 e. The van der Waals surface area contributed by atoms with Crippen LogP contribution in [0.1, 0.15) is 6.42 Å². The van der Waals surface area contributed by atoms with Gasteiger partial charge in [-0.25, -0.2) is 0 Å². The summed E-state index contributed by atoms with van der Waals surface area (Å²) in [5.74, 6) is -6.23. The van der Waals surface area contributed by atoms with Gasteiger partial charge in [-0.15, -0.1) is 0 Å². The number of rotatable bonds is 3. The Hall–Kier alpha value is -1.41. The predicted molar refractivity (Wildman–Crippen MR) is 64.4 cm³/mol. The van der Waals surface area contributed by atoms with Crippen molar-refractivity contribution in [3.63, 3.8) is 0 Å². The monoisotopic (exact) mass is 293 g/mol. The lowest BCUT2D eigenvalue weighted by Gasteiger charge is -2.24. The van der Waals surface area contributed by atoms with Crippen LogP contribution >= 0.6 is 0 Å². The van der Waals surface area contributed by atoms with Crippen molar-refractivity contribution in [3.8, 4) is 0 Å². The summed E-state index contributed by atoms with van der Waals surface area (Å²) in [7, 11) is 0. The number of aliphatic hydroxyl groups is 1. The minimum absolute atomic E-state index is 0.0127. The molecule has 0 aliphatic carbocycles. The van der Waals surface area contributed by atoms with Crippen LogP contribution in [0.25, 0.3) is 0 Å². The molecule has 1 aliphatic heterocycles. The zero-order valence-electron chi connectivity index (χ0n) is 10.8. The van der Waals surface area contributed by atoms with E-state index in [1.807, 2.05) is 4.90 Å². The quantitative estimate of drug-likeness (QED) is 0.670. The van der Waals surface area contributed by atoms with E-state index in [1.165, 1.54) is 4.90 Å². The first kappa shape index (κ1) is 15.0. The van der Waals surface area contributed by atoms with Gasteiger partial charge in [0.1, 0.15) is 5.69 Å². The molecule has 1 fully saturated rings. The van der Waals surface area contributed by atoms with Gasteiger partial charge < -0.3 is 10.0 Å². The lowest BCUT2D eigenvalue weighted by molar-refractivity contribution is 0.204. The Labute approximate surface area is 113 Å². The first-order valence-electron chi connectivity index (χ1n) is 6.32. The van der Waals surface area contributed by atoms with E-state index in [0.717, 1.165) is 0 Å². The third kappa shape index (κ3) is 3.01. The number of aromatic nitrogens is 1. The number of nitrogens with zero attached hydrogens (tertiary/aromatic N) is 3. The standard InChI is InChI=1S/C12H15F4N3O/c13-8-10(9(14)12(16)17-11(8)15)19-3-1-2-18(4-5-19)6-7-20/h20H,1-7H2. The number of β-amino-alcohol motifs (C(OH)–C–C–N with tert-alkyl or cyclic N) is 1. The summed E-state index contributed by atoms with van der Waals surface area (Å²) in [4.78, 5) is 5.74. The van der Waals surface area contributed by atoms with Crippen molar-refractivity contribution < 1.29 is 22.7 Å². The fourth-order valence-corrected chi connectivity index (χ4v) is 2.31. The maximum atomic E-state index is 13.7. The van der Waals surface area contributed by atoms with Gasteiger partial charge >= 0.3 is 0 Å². The molecule has 1 N–H and O–H groups in total. The van der Waals surface area contributed by atoms with Crippen LogP contribution in [0.5, 0.6) is 0 Å². The van der Waals surface area contributed by atoms with Gasteiger partial charge in [0.15, 0.2) is 0 Å². The SMILES string of the molecule is OCCN1CCCN(c2c(F)c(F)nc(F)c2F)CC1. The third-order valence-electron chi connectivity index (χ3n) is 3.30. The van der Waals surface area contributed by atoms with Gasteiger partial charge in [-0.1, -0.05) is 0 Å². The number of aliphatic hydroxyl groups excluding tert-OH is 1. The molecular formula is C12H15F4N3O. The lowest BCUT2D eigenvalue weighted by atomic mass is 10.3. The molecule has 20 heavy (non-hydrogen) atoms. The highest BCUT2D eigenvalue weighted by atomic mass is 19.2. The Morgan fingerprint density at radius 3 is 2.20 bits per heavy atom. The fourth-order valence-electron chi connectivity index (χ4n) is 2.31. The number of hydrogen-bond donors (Lipinski definition) is 1. The number of pyridine rings is 1. The van der Waals surface area contributed by atoms with Crippen LogP contribution in [-0.4, -0.2) is 54.3 Å². The Morgan fingerprint density at radius 1 is 0.950 bits per heavy atom. The van der Waals surface area contributed by atoms with Gasteiger partial charge in [-0.2, -0.15) is 22.5 Å². The molecule has 0 atom stereocenters. The summed E-state index contributed by atoms with van der Waals surface area (Å²) >= 11 is 0. The zero-order valence-corrected chi connectivity index (χ0v) is 10.8. The molecule has 0 radical (unpaired) electrons. The smallest absolute Gasteiger partial charge is 0.253 e. The van der Waals surface area contributed by atoms with E-state index in [2.05, 4.69) is 4.98 Å². The van der Waals surface area contributed by atoms with Gasteiger partial charge in [0.05, 0.1) is 6.61 Å². The van der Waals surface area contributed by atoms with Crippen LogP contribution in [0.15, 0.2) is 0 Å². The molecule has 8 heteroatoms. The Kier molecular flexibility index (Phi) is 4.77. The fraction of sp³-hybridized carbons (Fsp3) is 0.583. The first-order chi connectivity index (χ1) is 9.54. The van der Waals surface area contributed by atoms with Gasteiger partial charge in [0.25, 0.3) is 11.9 Å². The minimum Gasteiger partial charge on any atom is -0.395 e. The van der Waals surface area contributed by atoms with Crippen molar-refractivity contribution in [2.75, 3.05) is 44.2 Å². The number of hydrogen-bond acceptors (Lipinski definition) is 4. The average Bonchev–Trinajstić information content (AvgIpc) is 2.64. The van der Waals surface area contributed by atoms with E-state index in [1.54, 1.807) is 0 Å². The molecular weight excluding hydrogens is 278 g/mol. The molecule has 1 saturated heterocycles. The molecule has 0 saturated carbocycles. The topological polar surface area (TPSA) is 39.6 Å². The van der Waals surface area contributed by atoms with Crippen LogP contribution < -0.4 is 4.90 Å². The van der Waals surface area contributed by atoms with Crippen molar-refractivity contribution in [2.45, 2.75) is 6.42 Å². The Morgan fingerprint density at radius 2 is 1.60 bits per heavy atom. The normalized spacial score (nSPS) is 17.4. The second-order valence-electron chi connectivity index (χ2n) is 4.58. The van der Waals surface area contributed by atoms with Crippen LogP contribution in [0.3, 0.4) is 0 Å². The van der Waals surface area contributed by atoms with Crippen molar-refractivity contribution in [3.05, 3.63) is 23.5 Å². The van der Waals surface area contributed by atoms with Crippen LogP contribution in [0, 0.1) is 23.5 Å². The Balaban J connectivity index is 2.24. The molecule has 0 aromatic carbocycles. The first-order valence-corrected chi connectivity index (χ1v) is 6.32. The molecule has 112 valence electrons. The zero-order chi connectivity index (χ0) is 14.7. The summed E-state index contributed by atoms with van der Waals surface area (Å²) in [6.45, 7) is 2.04. The van der Waals surface area contributed by atoms with Gasteiger partial charge in [0.2, 0.25) is 11.6 Å². The molecule has 1 aromatic rings. The molecule has 2 heterocycles. The summed E-state index contributed by atoms with van der Waals surface area (Å²) in [5, 5.41) is 8.87. The van der Waals surface area contributed by atoms with E-state index >= 15 is 0 Å². The van der Waals surface area contributed by atoms with Crippen molar-refractivity contribution in [1.29, 1.82) is 0 Å². The Bertz CT molecular complexity index is 460. The highest BCUT2D eigenvalue weighted by molar-refractivity contribution is 5.48. The maximum absolute atomic E-state index is 13.7. The molecule has 0 unspecified atom stereocenters. The summed E-state index contributed by atoms with van der Waals surface area (Å²) < 4.78 is 53.6. The summed E-state index contributed by atoms with van der Waals surface area (Å²) in [6.07, 6.45) is 0.574. The van der Waals surface area contributed by atoms with Gasteiger partial charge in [-0.05, 0) is 13.0 Å². The summed E-state index contributed by atoms with van der Waals surface area (Å²) in [6, 6.07) is 0. The second-order valence-corrected chi connectivity index (χ2v) is 4.58. The number of halogens is 4. The highest BCUT2D eigenvalue weighted by Gasteiger charge is 2.26. The minimum atomic E-state index is -1.64. The molecule has 1 aliphatic rings. The predicted octanol–water partition coefficient (Wildman–Crippen LogP) is 1.14. The molecule has 1 aromatic heterocycles. The van der Waals surface area contributed by atoms with E-state index < -0.39 is 29.2 Å².